The molecule has 92 valence electrons. The van der Waals surface area contributed by atoms with Gasteiger partial charge in [0.05, 0.1) is 6.20 Å². The number of hydrogen-bond acceptors (Lipinski definition) is 3. The van der Waals surface area contributed by atoms with E-state index in [1.54, 1.807) is 6.07 Å². The smallest absolute Gasteiger partial charge is 0.217 e. The molecule has 5 heteroatoms. The van der Waals surface area contributed by atoms with Crippen molar-refractivity contribution in [2.24, 2.45) is 11.7 Å². The maximum atomic E-state index is 12.8. The summed E-state index contributed by atoms with van der Waals surface area (Å²) in [5.74, 6) is 0.456. The van der Waals surface area contributed by atoms with Crippen molar-refractivity contribution in [1.82, 2.24) is 4.98 Å². The van der Waals surface area contributed by atoms with Crippen molar-refractivity contribution in [3.8, 4) is 0 Å². The highest BCUT2D eigenvalue weighted by molar-refractivity contribution is 5.74. The Bertz CT molecular complexity index is 393. The summed E-state index contributed by atoms with van der Waals surface area (Å²) in [5.41, 5.74) is 5.20. The number of aromatic nitrogens is 1. The van der Waals surface area contributed by atoms with Crippen LogP contribution in [-0.2, 0) is 4.79 Å². The molecule has 2 N–H and O–H groups in total. The van der Waals surface area contributed by atoms with Crippen molar-refractivity contribution in [3.05, 3.63) is 24.1 Å². The van der Waals surface area contributed by atoms with Crippen LogP contribution in [0, 0.1) is 11.7 Å². The number of carbonyl (C=O) groups excluding carboxylic acids is 1. The zero-order valence-electron chi connectivity index (χ0n) is 9.60. The van der Waals surface area contributed by atoms with Gasteiger partial charge in [0, 0.05) is 19.5 Å². The highest BCUT2D eigenvalue weighted by Gasteiger charge is 2.22. The number of hydrogen-bond donors (Lipinski definition) is 1. The molecule has 0 aromatic carbocycles. The van der Waals surface area contributed by atoms with Gasteiger partial charge in [0.15, 0.2) is 0 Å². The van der Waals surface area contributed by atoms with Gasteiger partial charge in [0.25, 0.3) is 0 Å². The minimum Gasteiger partial charge on any atom is -0.370 e. The fourth-order valence-corrected chi connectivity index (χ4v) is 2.28. The highest BCUT2D eigenvalue weighted by atomic mass is 19.1. The summed E-state index contributed by atoms with van der Waals surface area (Å²) in [7, 11) is 0. The van der Waals surface area contributed by atoms with Crippen molar-refractivity contribution >= 4 is 11.7 Å². The lowest BCUT2D eigenvalue weighted by Gasteiger charge is -2.33. The number of pyridine rings is 1. The molecule has 1 atom stereocenters. The maximum Gasteiger partial charge on any atom is 0.217 e. The van der Waals surface area contributed by atoms with Crippen molar-refractivity contribution in [1.29, 1.82) is 0 Å². The number of nitrogens with zero attached hydrogens (tertiary/aromatic N) is 2. The van der Waals surface area contributed by atoms with Crippen LogP contribution >= 0.6 is 0 Å². The van der Waals surface area contributed by atoms with Crippen LogP contribution in [0.2, 0.25) is 0 Å². The summed E-state index contributed by atoms with van der Waals surface area (Å²) in [6.45, 7) is 1.66. The molecular formula is C12H16FN3O. The Morgan fingerprint density at radius 3 is 3.06 bits per heavy atom. The predicted molar refractivity (Wildman–Crippen MR) is 62.9 cm³/mol. The zero-order chi connectivity index (χ0) is 12.3. The number of anilines is 1. The van der Waals surface area contributed by atoms with Gasteiger partial charge in [-0.2, -0.15) is 0 Å². The lowest BCUT2D eigenvalue weighted by atomic mass is 9.94. The van der Waals surface area contributed by atoms with E-state index in [1.807, 2.05) is 0 Å². The molecule has 0 bridgehead atoms. The van der Waals surface area contributed by atoms with Crippen LogP contribution in [-0.4, -0.2) is 24.0 Å². The summed E-state index contributed by atoms with van der Waals surface area (Å²) >= 11 is 0. The number of piperidine rings is 1. The van der Waals surface area contributed by atoms with E-state index >= 15 is 0 Å². The first kappa shape index (κ1) is 11.8. The second kappa shape index (κ2) is 5.12. The largest absolute Gasteiger partial charge is 0.370 e. The van der Waals surface area contributed by atoms with Gasteiger partial charge in [-0.25, -0.2) is 9.37 Å². The van der Waals surface area contributed by atoms with E-state index < -0.39 is 0 Å². The average molecular weight is 237 g/mol. The number of primary amides is 1. The minimum atomic E-state index is -0.334. The molecule has 1 fully saturated rings. The number of nitrogens with two attached hydrogens (primary N) is 1. The standard InChI is InChI=1S/C12H16FN3O/c13-10-3-4-12(15-7-10)16-5-1-2-9(8-16)6-11(14)17/h3-4,7,9H,1-2,5-6,8H2,(H2,14,17)/t9-/m1/s1. The fraction of sp³-hybridized carbons (Fsp3) is 0.500. The molecule has 1 aliphatic rings. The van der Waals surface area contributed by atoms with Gasteiger partial charge >= 0.3 is 0 Å². The van der Waals surface area contributed by atoms with Crippen LogP contribution in [0.4, 0.5) is 10.2 Å². The van der Waals surface area contributed by atoms with Gasteiger partial charge in [0.1, 0.15) is 11.6 Å². The normalized spacial score (nSPS) is 20.3. The van der Waals surface area contributed by atoms with Crippen LogP contribution in [0.15, 0.2) is 18.3 Å². The molecule has 2 heterocycles. The topological polar surface area (TPSA) is 59.2 Å². The molecule has 0 radical (unpaired) electrons. The molecule has 1 aromatic heterocycles. The molecule has 0 saturated carbocycles. The van der Waals surface area contributed by atoms with Gasteiger partial charge in [0.2, 0.25) is 5.91 Å². The van der Waals surface area contributed by atoms with Crippen LogP contribution in [0.5, 0.6) is 0 Å². The van der Waals surface area contributed by atoms with E-state index in [1.165, 1.54) is 12.3 Å². The zero-order valence-corrected chi connectivity index (χ0v) is 9.60. The van der Waals surface area contributed by atoms with Crippen LogP contribution in [0.3, 0.4) is 0 Å². The van der Waals surface area contributed by atoms with Crippen LogP contribution in [0.1, 0.15) is 19.3 Å². The van der Waals surface area contributed by atoms with Crippen LogP contribution < -0.4 is 10.6 Å². The van der Waals surface area contributed by atoms with Gasteiger partial charge in [-0.15, -0.1) is 0 Å². The fourth-order valence-electron chi connectivity index (χ4n) is 2.28. The van der Waals surface area contributed by atoms with Crippen molar-refractivity contribution in [2.45, 2.75) is 19.3 Å². The number of halogens is 1. The molecule has 1 saturated heterocycles. The van der Waals surface area contributed by atoms with Crippen molar-refractivity contribution in [2.75, 3.05) is 18.0 Å². The van der Waals surface area contributed by atoms with Gasteiger partial charge < -0.3 is 10.6 Å². The Balaban J connectivity index is 2.01. The second-order valence-corrected chi connectivity index (χ2v) is 4.46. The molecule has 0 aliphatic carbocycles. The molecule has 1 amide bonds. The lowest BCUT2D eigenvalue weighted by molar-refractivity contribution is -0.118. The SMILES string of the molecule is NC(=O)C[C@H]1CCCN(c2ccc(F)cn2)C1. The average Bonchev–Trinajstić information content (AvgIpc) is 2.29. The van der Waals surface area contributed by atoms with Crippen molar-refractivity contribution in [3.63, 3.8) is 0 Å². The minimum absolute atomic E-state index is 0.260. The maximum absolute atomic E-state index is 12.8. The lowest BCUT2D eigenvalue weighted by Crippen LogP contribution is -2.37. The third kappa shape index (κ3) is 3.15. The Kier molecular flexibility index (Phi) is 3.56. The van der Waals surface area contributed by atoms with E-state index in [0.717, 1.165) is 31.7 Å². The molecule has 17 heavy (non-hydrogen) atoms. The van der Waals surface area contributed by atoms with E-state index in [-0.39, 0.29) is 17.6 Å². The second-order valence-electron chi connectivity index (χ2n) is 4.46. The number of rotatable bonds is 3. The van der Waals surface area contributed by atoms with E-state index in [9.17, 15) is 9.18 Å². The first-order chi connectivity index (χ1) is 8.15. The summed E-state index contributed by atoms with van der Waals surface area (Å²) in [5, 5.41) is 0. The number of amides is 1. The molecule has 1 aliphatic heterocycles. The molecule has 4 nitrogen and oxygen atoms in total. The van der Waals surface area contributed by atoms with E-state index in [4.69, 9.17) is 5.73 Å². The Morgan fingerprint density at radius 2 is 2.41 bits per heavy atom. The monoisotopic (exact) mass is 237 g/mol. The molecule has 1 aromatic rings. The Hall–Kier alpha value is -1.65. The summed E-state index contributed by atoms with van der Waals surface area (Å²) in [6, 6.07) is 3.07. The van der Waals surface area contributed by atoms with E-state index in [0.29, 0.717) is 6.42 Å². The van der Waals surface area contributed by atoms with E-state index in [2.05, 4.69) is 9.88 Å². The Labute approximate surface area is 99.6 Å². The third-order valence-electron chi connectivity index (χ3n) is 3.04. The quantitative estimate of drug-likeness (QED) is 0.862. The predicted octanol–water partition coefficient (Wildman–Crippen LogP) is 1.31. The summed E-state index contributed by atoms with van der Waals surface area (Å²) in [4.78, 5) is 17.0. The van der Waals surface area contributed by atoms with Crippen molar-refractivity contribution < 1.29 is 9.18 Å². The summed E-state index contributed by atoms with van der Waals surface area (Å²) in [6.07, 6.45) is 3.66. The molecule has 2 rings (SSSR count). The highest BCUT2D eigenvalue weighted by Crippen LogP contribution is 2.23. The van der Waals surface area contributed by atoms with Gasteiger partial charge in [-0.3, -0.25) is 4.79 Å². The molecular weight excluding hydrogens is 221 g/mol. The number of carbonyl (C=O) groups is 1. The van der Waals surface area contributed by atoms with Gasteiger partial charge in [-0.05, 0) is 30.9 Å². The third-order valence-corrected chi connectivity index (χ3v) is 3.04. The Morgan fingerprint density at radius 1 is 1.59 bits per heavy atom. The first-order valence-corrected chi connectivity index (χ1v) is 5.80. The van der Waals surface area contributed by atoms with Gasteiger partial charge in [-0.1, -0.05) is 0 Å². The molecule has 0 unspecified atom stereocenters. The van der Waals surface area contributed by atoms with Crippen LogP contribution in [0.25, 0.3) is 0 Å². The summed E-state index contributed by atoms with van der Waals surface area (Å²) < 4.78 is 12.8. The molecule has 0 spiro atoms. The first-order valence-electron chi connectivity index (χ1n) is 5.80.